The topological polar surface area (TPSA) is 122 Å². The van der Waals surface area contributed by atoms with Crippen LogP contribution in [0.5, 0.6) is 0 Å². The Morgan fingerprint density at radius 2 is 2.15 bits per heavy atom. The highest BCUT2D eigenvalue weighted by Gasteiger charge is 2.27. The summed E-state index contributed by atoms with van der Waals surface area (Å²) in [7, 11) is 0. The minimum Gasteiger partial charge on any atom is -0.477 e. The molecule has 0 spiro atoms. The molecule has 0 saturated heterocycles. The molecule has 8 nitrogen and oxygen atoms in total. The maximum Gasteiger partial charge on any atom is 0.343 e. The Bertz CT molecular complexity index is 683. The Morgan fingerprint density at radius 3 is 2.70 bits per heavy atom. The first kappa shape index (κ1) is 13.6. The number of nitrogens with zero attached hydrogens (tertiary/aromatic N) is 2. The Hall–Kier alpha value is -2.81. The first-order chi connectivity index (χ1) is 9.50. The summed E-state index contributed by atoms with van der Waals surface area (Å²) in [5.41, 5.74) is -1.57. The van der Waals surface area contributed by atoms with Crippen molar-refractivity contribution in [2.75, 3.05) is 5.32 Å². The van der Waals surface area contributed by atoms with Gasteiger partial charge < -0.3 is 5.11 Å². The van der Waals surface area contributed by atoms with Gasteiger partial charge in [-0.15, -0.1) is 11.3 Å². The van der Waals surface area contributed by atoms with Gasteiger partial charge in [0.15, 0.2) is 5.13 Å². The smallest absolute Gasteiger partial charge is 0.343 e. The van der Waals surface area contributed by atoms with Gasteiger partial charge in [0, 0.05) is 17.6 Å². The summed E-state index contributed by atoms with van der Waals surface area (Å²) in [6.07, 6.45) is 1.46. The van der Waals surface area contributed by atoms with E-state index < -0.39 is 28.1 Å². The Balaban J connectivity index is 2.45. The van der Waals surface area contributed by atoms with Crippen LogP contribution in [-0.2, 0) is 0 Å². The number of carboxylic acids is 1. The zero-order valence-electron chi connectivity index (χ0n) is 9.77. The van der Waals surface area contributed by atoms with Gasteiger partial charge in [-0.05, 0) is 6.07 Å². The number of aromatic nitrogens is 1. The van der Waals surface area contributed by atoms with Crippen molar-refractivity contribution in [2.24, 2.45) is 0 Å². The van der Waals surface area contributed by atoms with Gasteiger partial charge in [-0.1, -0.05) is 6.07 Å². The largest absolute Gasteiger partial charge is 0.477 e. The van der Waals surface area contributed by atoms with Crippen LogP contribution in [0.2, 0.25) is 0 Å². The van der Waals surface area contributed by atoms with Crippen molar-refractivity contribution in [3.63, 3.8) is 0 Å². The SMILES string of the molecule is O=C(Nc1nccs1)c1cccc([N+](=O)[O-])c1C(=O)O. The molecule has 0 unspecified atom stereocenters. The molecular weight excluding hydrogens is 286 g/mol. The second-order valence-corrected chi connectivity index (χ2v) is 4.45. The van der Waals surface area contributed by atoms with Gasteiger partial charge in [0.2, 0.25) is 0 Å². The van der Waals surface area contributed by atoms with Gasteiger partial charge in [0.25, 0.3) is 11.6 Å². The van der Waals surface area contributed by atoms with E-state index in [1.807, 2.05) is 0 Å². The molecule has 2 rings (SSSR count). The van der Waals surface area contributed by atoms with E-state index in [0.29, 0.717) is 0 Å². The maximum absolute atomic E-state index is 12.0. The second-order valence-electron chi connectivity index (χ2n) is 3.55. The van der Waals surface area contributed by atoms with Crippen molar-refractivity contribution in [2.45, 2.75) is 0 Å². The fourth-order valence-electron chi connectivity index (χ4n) is 1.56. The van der Waals surface area contributed by atoms with Crippen LogP contribution in [-0.4, -0.2) is 26.9 Å². The number of nitrogens with one attached hydrogen (secondary N) is 1. The molecule has 102 valence electrons. The number of anilines is 1. The van der Waals surface area contributed by atoms with Gasteiger partial charge in [0.05, 0.1) is 10.5 Å². The molecule has 1 amide bonds. The highest BCUT2D eigenvalue weighted by atomic mass is 32.1. The molecule has 1 heterocycles. The third-order valence-corrected chi connectivity index (χ3v) is 3.04. The average molecular weight is 293 g/mol. The van der Waals surface area contributed by atoms with Gasteiger partial charge in [-0.3, -0.25) is 20.2 Å². The molecule has 1 aromatic carbocycles. The van der Waals surface area contributed by atoms with E-state index in [4.69, 9.17) is 5.11 Å². The lowest BCUT2D eigenvalue weighted by molar-refractivity contribution is -0.385. The van der Waals surface area contributed by atoms with Crippen LogP contribution in [0.15, 0.2) is 29.8 Å². The molecule has 0 saturated carbocycles. The standard InChI is InChI=1S/C11H7N3O5S/c15-9(13-11-12-4-5-20-11)6-2-1-3-7(14(18)19)8(6)10(16)17/h1-5H,(H,16,17)(H,12,13,15). The van der Waals surface area contributed by atoms with Crippen molar-refractivity contribution in [1.82, 2.24) is 4.98 Å². The summed E-state index contributed by atoms with van der Waals surface area (Å²) in [6, 6.07) is 3.49. The van der Waals surface area contributed by atoms with Crippen LogP contribution in [0, 0.1) is 10.1 Å². The fraction of sp³-hybridized carbons (Fsp3) is 0. The summed E-state index contributed by atoms with van der Waals surface area (Å²) >= 11 is 1.15. The normalized spacial score (nSPS) is 10.0. The number of aromatic carboxylic acids is 1. The molecule has 1 aromatic heterocycles. The lowest BCUT2D eigenvalue weighted by atomic mass is 10.0. The third-order valence-electron chi connectivity index (χ3n) is 2.35. The van der Waals surface area contributed by atoms with Crippen LogP contribution in [0.25, 0.3) is 0 Å². The van der Waals surface area contributed by atoms with Crippen molar-refractivity contribution >= 4 is 34.0 Å². The number of rotatable bonds is 4. The van der Waals surface area contributed by atoms with Crippen LogP contribution in [0.1, 0.15) is 20.7 Å². The maximum atomic E-state index is 12.0. The van der Waals surface area contributed by atoms with Gasteiger partial charge in [-0.25, -0.2) is 9.78 Å². The van der Waals surface area contributed by atoms with Crippen molar-refractivity contribution in [1.29, 1.82) is 0 Å². The highest BCUT2D eigenvalue weighted by molar-refractivity contribution is 7.13. The molecule has 2 aromatic rings. The number of nitro groups is 1. The molecule has 0 bridgehead atoms. The average Bonchev–Trinajstić information content (AvgIpc) is 2.90. The summed E-state index contributed by atoms with van der Waals surface area (Å²) < 4.78 is 0. The zero-order valence-corrected chi connectivity index (χ0v) is 10.6. The summed E-state index contributed by atoms with van der Waals surface area (Å²) in [6.45, 7) is 0. The van der Waals surface area contributed by atoms with E-state index in [1.165, 1.54) is 18.3 Å². The number of carbonyl (C=O) groups is 2. The predicted molar refractivity (Wildman–Crippen MR) is 70.1 cm³/mol. The van der Waals surface area contributed by atoms with E-state index in [2.05, 4.69) is 10.3 Å². The fourth-order valence-corrected chi connectivity index (χ4v) is 2.08. The molecule has 2 N–H and O–H groups in total. The van der Waals surface area contributed by atoms with E-state index >= 15 is 0 Å². The van der Waals surface area contributed by atoms with E-state index in [9.17, 15) is 19.7 Å². The molecule has 0 atom stereocenters. The number of nitro benzene ring substituents is 1. The highest BCUT2D eigenvalue weighted by Crippen LogP contribution is 2.23. The number of benzene rings is 1. The van der Waals surface area contributed by atoms with Crippen LogP contribution in [0.4, 0.5) is 10.8 Å². The number of carboxylic acid groups (broad SMARTS) is 1. The summed E-state index contributed by atoms with van der Waals surface area (Å²) in [4.78, 5) is 36.9. The number of hydrogen-bond acceptors (Lipinski definition) is 6. The monoisotopic (exact) mass is 293 g/mol. The van der Waals surface area contributed by atoms with Crippen LogP contribution < -0.4 is 5.32 Å². The second kappa shape index (κ2) is 5.45. The quantitative estimate of drug-likeness (QED) is 0.656. The lowest BCUT2D eigenvalue weighted by Crippen LogP contribution is -2.17. The summed E-state index contributed by atoms with van der Waals surface area (Å²) in [5, 5.41) is 24.2. The van der Waals surface area contributed by atoms with Crippen molar-refractivity contribution in [3.8, 4) is 0 Å². The third kappa shape index (κ3) is 2.62. The number of amides is 1. The molecule has 9 heteroatoms. The van der Waals surface area contributed by atoms with Crippen molar-refractivity contribution in [3.05, 3.63) is 51.0 Å². The Labute approximate surface area is 115 Å². The Kier molecular flexibility index (Phi) is 3.71. The number of carbonyl (C=O) groups excluding carboxylic acids is 1. The van der Waals surface area contributed by atoms with Crippen LogP contribution >= 0.6 is 11.3 Å². The molecule has 0 aliphatic carbocycles. The van der Waals surface area contributed by atoms with Crippen molar-refractivity contribution < 1.29 is 19.6 Å². The Morgan fingerprint density at radius 1 is 1.40 bits per heavy atom. The van der Waals surface area contributed by atoms with E-state index in [1.54, 1.807) is 5.38 Å². The summed E-state index contributed by atoms with van der Waals surface area (Å²) in [5.74, 6) is -2.30. The van der Waals surface area contributed by atoms with Gasteiger partial charge >= 0.3 is 5.97 Å². The molecule has 0 radical (unpaired) electrons. The van der Waals surface area contributed by atoms with Gasteiger partial charge in [-0.2, -0.15) is 0 Å². The molecule has 0 aliphatic heterocycles. The molecule has 0 aliphatic rings. The first-order valence-electron chi connectivity index (χ1n) is 5.22. The van der Waals surface area contributed by atoms with Crippen LogP contribution in [0.3, 0.4) is 0 Å². The minimum atomic E-state index is -1.54. The zero-order chi connectivity index (χ0) is 14.7. The minimum absolute atomic E-state index is 0.276. The van der Waals surface area contributed by atoms with E-state index in [0.717, 1.165) is 17.4 Å². The number of thiazole rings is 1. The van der Waals surface area contributed by atoms with E-state index in [-0.39, 0.29) is 10.7 Å². The molecular formula is C11H7N3O5S. The predicted octanol–water partition coefficient (Wildman–Crippen LogP) is 2.00. The first-order valence-corrected chi connectivity index (χ1v) is 6.10. The number of hydrogen-bond donors (Lipinski definition) is 2. The lowest BCUT2D eigenvalue weighted by Gasteiger charge is -2.06. The van der Waals surface area contributed by atoms with Gasteiger partial charge in [0.1, 0.15) is 5.56 Å². The molecule has 20 heavy (non-hydrogen) atoms. The molecule has 0 fully saturated rings.